The Bertz CT molecular complexity index is 479. The minimum Gasteiger partial charge on any atom is -0.357 e. The highest BCUT2D eigenvalue weighted by Crippen LogP contribution is 2.17. The molecule has 0 spiro atoms. The average Bonchev–Trinajstić information content (AvgIpc) is 2.74. The molecule has 0 fully saturated rings. The van der Waals surface area contributed by atoms with E-state index in [9.17, 15) is 4.79 Å². The third-order valence-electron chi connectivity index (χ3n) is 2.17. The van der Waals surface area contributed by atoms with E-state index >= 15 is 0 Å². The highest BCUT2D eigenvalue weighted by molar-refractivity contribution is 8.00. The molecule has 4 heteroatoms. The summed E-state index contributed by atoms with van der Waals surface area (Å²) >= 11 is 1.53. The zero-order chi connectivity index (χ0) is 11.4. The highest BCUT2D eigenvalue weighted by atomic mass is 32.2. The fourth-order valence-corrected chi connectivity index (χ4v) is 2.11. The molecule has 82 valence electrons. The Labute approximate surface area is 98.5 Å². The lowest BCUT2D eigenvalue weighted by Crippen LogP contribution is -2.00. The van der Waals surface area contributed by atoms with Crippen molar-refractivity contribution in [3.05, 3.63) is 48.5 Å². The number of rotatable bonds is 4. The fourth-order valence-electron chi connectivity index (χ4n) is 1.33. The van der Waals surface area contributed by atoms with Crippen molar-refractivity contribution in [3.8, 4) is 0 Å². The minimum absolute atomic E-state index is 0.155. The van der Waals surface area contributed by atoms with Gasteiger partial charge in [-0.05, 0) is 18.2 Å². The van der Waals surface area contributed by atoms with E-state index < -0.39 is 0 Å². The van der Waals surface area contributed by atoms with Gasteiger partial charge in [0, 0.05) is 42.3 Å². The van der Waals surface area contributed by atoms with Gasteiger partial charge in [-0.2, -0.15) is 0 Å². The van der Waals surface area contributed by atoms with Crippen LogP contribution in [0.5, 0.6) is 0 Å². The summed E-state index contributed by atoms with van der Waals surface area (Å²) < 4.78 is 1.88. The van der Waals surface area contributed by atoms with Crippen molar-refractivity contribution < 1.29 is 4.79 Å². The molecule has 0 aliphatic heterocycles. The number of hydrogen-bond donors (Lipinski definition) is 0. The molecule has 0 bridgehead atoms. The molecule has 0 atom stereocenters. The van der Waals surface area contributed by atoms with Crippen LogP contribution in [0.1, 0.15) is 10.4 Å². The van der Waals surface area contributed by atoms with Gasteiger partial charge in [-0.15, -0.1) is 11.8 Å². The van der Waals surface area contributed by atoms with Gasteiger partial charge in [-0.25, -0.2) is 0 Å². The van der Waals surface area contributed by atoms with E-state index in [1.165, 1.54) is 11.8 Å². The molecule has 0 saturated heterocycles. The van der Waals surface area contributed by atoms with E-state index in [1.807, 2.05) is 42.2 Å². The van der Waals surface area contributed by atoms with Crippen LogP contribution in [0.2, 0.25) is 0 Å². The maximum Gasteiger partial charge on any atom is 0.174 e. The van der Waals surface area contributed by atoms with Gasteiger partial charge in [-0.1, -0.05) is 0 Å². The monoisotopic (exact) mass is 232 g/mol. The summed E-state index contributed by atoms with van der Waals surface area (Å²) in [6, 6.07) is 5.65. The number of nitrogens with zero attached hydrogens (tertiary/aromatic N) is 2. The molecular formula is C12H12N2OS. The number of Topliss-reactive ketones (excluding diaryl/α,β-unsaturated/α-hetero) is 1. The Morgan fingerprint density at radius 1 is 1.38 bits per heavy atom. The van der Waals surface area contributed by atoms with Crippen LogP contribution in [0.25, 0.3) is 0 Å². The third-order valence-corrected chi connectivity index (χ3v) is 3.19. The third kappa shape index (κ3) is 2.73. The first-order valence-electron chi connectivity index (χ1n) is 4.94. The summed E-state index contributed by atoms with van der Waals surface area (Å²) in [5, 5.41) is 0. The van der Waals surface area contributed by atoms with Crippen LogP contribution in [0, 0.1) is 0 Å². The molecule has 0 amide bonds. The first kappa shape index (κ1) is 11.0. The standard InChI is InChI=1S/C12H12N2OS/c1-14-7-4-10(8-14)12(15)9-16-11-2-5-13-6-3-11/h2-8H,9H2,1H3. The van der Waals surface area contributed by atoms with Gasteiger partial charge < -0.3 is 4.57 Å². The molecule has 0 radical (unpaired) electrons. The molecule has 0 N–H and O–H groups in total. The van der Waals surface area contributed by atoms with Gasteiger partial charge in [0.1, 0.15) is 0 Å². The lowest BCUT2D eigenvalue weighted by Gasteiger charge is -1.99. The molecule has 2 aromatic rings. The van der Waals surface area contributed by atoms with Gasteiger partial charge in [-0.3, -0.25) is 9.78 Å². The number of pyridine rings is 1. The molecule has 0 saturated carbocycles. The van der Waals surface area contributed by atoms with E-state index in [1.54, 1.807) is 12.4 Å². The Hall–Kier alpha value is -1.55. The van der Waals surface area contributed by atoms with Crippen molar-refractivity contribution in [1.29, 1.82) is 0 Å². The SMILES string of the molecule is Cn1ccc(C(=O)CSc2ccncc2)c1. The van der Waals surface area contributed by atoms with Crippen LogP contribution in [-0.2, 0) is 7.05 Å². The quantitative estimate of drug-likeness (QED) is 0.599. The molecule has 0 aromatic carbocycles. The number of aryl methyl sites for hydroxylation is 1. The van der Waals surface area contributed by atoms with Crippen LogP contribution in [0.3, 0.4) is 0 Å². The summed E-state index contributed by atoms with van der Waals surface area (Å²) in [5.41, 5.74) is 0.768. The van der Waals surface area contributed by atoms with E-state index in [0.717, 1.165) is 10.5 Å². The number of hydrogen-bond acceptors (Lipinski definition) is 3. The lowest BCUT2D eigenvalue weighted by molar-refractivity contribution is 0.102. The zero-order valence-electron chi connectivity index (χ0n) is 8.96. The molecular weight excluding hydrogens is 220 g/mol. The lowest BCUT2D eigenvalue weighted by atomic mass is 10.2. The number of carbonyl (C=O) groups is 1. The minimum atomic E-state index is 0.155. The smallest absolute Gasteiger partial charge is 0.174 e. The highest BCUT2D eigenvalue weighted by Gasteiger charge is 2.07. The fraction of sp³-hybridized carbons (Fsp3) is 0.167. The summed E-state index contributed by atoms with van der Waals surface area (Å²) in [6.07, 6.45) is 7.18. The zero-order valence-corrected chi connectivity index (χ0v) is 9.78. The predicted molar refractivity (Wildman–Crippen MR) is 64.7 cm³/mol. The molecule has 2 heterocycles. The van der Waals surface area contributed by atoms with Gasteiger partial charge in [0.05, 0.1) is 5.75 Å². The van der Waals surface area contributed by atoms with Crippen molar-refractivity contribution in [2.75, 3.05) is 5.75 Å². The largest absolute Gasteiger partial charge is 0.357 e. The molecule has 2 rings (SSSR count). The van der Waals surface area contributed by atoms with Crippen LogP contribution in [0.15, 0.2) is 47.9 Å². The van der Waals surface area contributed by atoms with Crippen LogP contribution in [-0.4, -0.2) is 21.1 Å². The van der Waals surface area contributed by atoms with Gasteiger partial charge >= 0.3 is 0 Å². The molecule has 0 aliphatic rings. The van der Waals surface area contributed by atoms with Crippen LogP contribution < -0.4 is 0 Å². The molecule has 3 nitrogen and oxygen atoms in total. The second-order valence-electron chi connectivity index (χ2n) is 3.46. The van der Waals surface area contributed by atoms with E-state index in [-0.39, 0.29) is 5.78 Å². The summed E-state index contributed by atoms with van der Waals surface area (Å²) in [7, 11) is 1.91. The maximum atomic E-state index is 11.8. The Morgan fingerprint density at radius 3 is 2.75 bits per heavy atom. The number of carbonyl (C=O) groups excluding carboxylic acids is 1. The van der Waals surface area contributed by atoms with Crippen molar-refractivity contribution in [2.24, 2.45) is 7.05 Å². The van der Waals surface area contributed by atoms with Gasteiger partial charge in [0.15, 0.2) is 5.78 Å². The second-order valence-corrected chi connectivity index (χ2v) is 4.51. The van der Waals surface area contributed by atoms with Crippen molar-refractivity contribution in [3.63, 3.8) is 0 Å². The molecule has 2 aromatic heterocycles. The number of aromatic nitrogens is 2. The number of ketones is 1. The van der Waals surface area contributed by atoms with Crippen molar-refractivity contribution in [1.82, 2.24) is 9.55 Å². The van der Waals surface area contributed by atoms with Crippen molar-refractivity contribution in [2.45, 2.75) is 4.90 Å². The van der Waals surface area contributed by atoms with E-state index in [0.29, 0.717) is 5.75 Å². The van der Waals surface area contributed by atoms with E-state index in [4.69, 9.17) is 0 Å². The first-order chi connectivity index (χ1) is 7.75. The Kier molecular flexibility index (Phi) is 3.41. The average molecular weight is 232 g/mol. The maximum absolute atomic E-state index is 11.8. The molecule has 16 heavy (non-hydrogen) atoms. The van der Waals surface area contributed by atoms with Crippen LogP contribution in [0.4, 0.5) is 0 Å². The predicted octanol–water partition coefficient (Wildman–Crippen LogP) is 2.40. The van der Waals surface area contributed by atoms with Gasteiger partial charge in [0.2, 0.25) is 0 Å². The summed E-state index contributed by atoms with van der Waals surface area (Å²) in [4.78, 5) is 16.8. The second kappa shape index (κ2) is 4.99. The van der Waals surface area contributed by atoms with Gasteiger partial charge in [0.25, 0.3) is 0 Å². The topological polar surface area (TPSA) is 34.9 Å². The molecule has 0 aliphatic carbocycles. The first-order valence-corrected chi connectivity index (χ1v) is 5.92. The molecule has 0 unspecified atom stereocenters. The Balaban J connectivity index is 1.94. The van der Waals surface area contributed by atoms with Crippen LogP contribution >= 0.6 is 11.8 Å². The summed E-state index contributed by atoms with van der Waals surface area (Å²) in [6.45, 7) is 0. The number of thioether (sulfide) groups is 1. The van der Waals surface area contributed by atoms with Crippen molar-refractivity contribution >= 4 is 17.5 Å². The summed E-state index contributed by atoms with van der Waals surface area (Å²) in [5.74, 6) is 0.621. The van der Waals surface area contributed by atoms with E-state index in [2.05, 4.69) is 4.98 Å². The normalized spacial score (nSPS) is 10.3. The Morgan fingerprint density at radius 2 is 2.12 bits per heavy atom.